The molecule has 0 radical (unpaired) electrons. The minimum Gasteiger partial charge on any atom is -0.245 e. The minimum atomic E-state index is 0.864. The fraction of sp³-hybridized carbons (Fsp3) is 0.0769. The zero-order valence-corrected chi connectivity index (χ0v) is 16.1. The Balaban J connectivity index is 1.73. The van der Waals surface area contributed by atoms with Crippen LogP contribution in [0.2, 0.25) is 0 Å². The maximum atomic E-state index is 4.83. The zero-order valence-electron chi connectivity index (χ0n) is 16.1. The first-order chi connectivity index (χ1) is 13.7. The molecule has 0 saturated carbocycles. The molecule has 0 aliphatic rings. The first-order valence-electron chi connectivity index (χ1n) is 9.44. The Morgan fingerprint density at radius 1 is 0.500 bits per heavy atom. The summed E-state index contributed by atoms with van der Waals surface area (Å²) >= 11 is 0. The lowest BCUT2D eigenvalue weighted by molar-refractivity contribution is 1.24. The van der Waals surface area contributed by atoms with Crippen LogP contribution in [0.25, 0.3) is 35.3 Å². The predicted octanol–water partition coefficient (Wildman–Crippen LogP) is 6.59. The molecule has 0 bridgehead atoms. The van der Waals surface area contributed by atoms with E-state index in [1.54, 1.807) is 0 Å². The lowest BCUT2D eigenvalue weighted by Crippen LogP contribution is -1.93. The van der Waals surface area contributed by atoms with Crippen LogP contribution in [0.1, 0.15) is 33.6 Å². The Hall–Kier alpha value is -3.52. The number of para-hydroxylation sites is 2. The number of aromatic nitrogens is 2. The Bertz CT molecular complexity index is 1060. The summed E-state index contributed by atoms with van der Waals surface area (Å²) in [5.41, 5.74) is 8.33. The molecule has 28 heavy (non-hydrogen) atoms. The molecule has 0 unspecified atom stereocenters. The van der Waals surface area contributed by atoms with Crippen LogP contribution in [0.3, 0.4) is 0 Å². The molecule has 2 nitrogen and oxygen atoms in total. The maximum absolute atomic E-state index is 4.83. The third kappa shape index (κ3) is 4.24. The molecule has 136 valence electrons. The fourth-order valence-corrected chi connectivity index (χ4v) is 2.98. The zero-order chi connectivity index (χ0) is 19.3. The highest BCUT2D eigenvalue weighted by molar-refractivity contribution is 5.82. The number of fused-ring (bicyclic) bond motifs is 1. The number of benzene rings is 3. The molecule has 3 aromatic carbocycles. The van der Waals surface area contributed by atoms with Crippen LogP contribution in [0.15, 0.2) is 72.8 Å². The molecular formula is C26H22N2. The third-order valence-electron chi connectivity index (χ3n) is 4.65. The summed E-state index contributed by atoms with van der Waals surface area (Å²) in [6.45, 7) is 4.19. The average Bonchev–Trinajstić information content (AvgIpc) is 2.72. The van der Waals surface area contributed by atoms with Crippen LogP contribution in [0.4, 0.5) is 0 Å². The van der Waals surface area contributed by atoms with Crippen molar-refractivity contribution in [3.8, 4) is 0 Å². The summed E-state index contributed by atoms with van der Waals surface area (Å²) in [6.07, 6.45) is 8.25. The van der Waals surface area contributed by atoms with Crippen molar-refractivity contribution < 1.29 is 0 Å². The number of rotatable bonds is 4. The number of nitrogens with zero attached hydrogens (tertiary/aromatic N) is 2. The first-order valence-corrected chi connectivity index (χ1v) is 9.44. The molecule has 0 N–H and O–H groups in total. The van der Waals surface area contributed by atoms with E-state index in [2.05, 4.69) is 74.5 Å². The number of aryl methyl sites for hydroxylation is 2. The molecule has 1 aromatic heterocycles. The molecule has 4 rings (SSSR count). The van der Waals surface area contributed by atoms with Crippen LogP contribution < -0.4 is 0 Å². The Morgan fingerprint density at radius 2 is 0.893 bits per heavy atom. The smallest absolute Gasteiger partial charge is 0.0894 e. The van der Waals surface area contributed by atoms with Crippen molar-refractivity contribution >= 4 is 35.3 Å². The van der Waals surface area contributed by atoms with E-state index >= 15 is 0 Å². The van der Waals surface area contributed by atoms with E-state index in [-0.39, 0.29) is 0 Å². The molecule has 0 fully saturated rings. The Labute approximate surface area is 165 Å². The molecule has 4 aromatic rings. The van der Waals surface area contributed by atoms with Crippen LogP contribution >= 0.6 is 0 Å². The monoisotopic (exact) mass is 362 g/mol. The van der Waals surface area contributed by atoms with Crippen LogP contribution in [0.5, 0.6) is 0 Å². The number of hydrogen-bond donors (Lipinski definition) is 0. The van der Waals surface area contributed by atoms with Crippen LogP contribution in [-0.4, -0.2) is 9.97 Å². The third-order valence-corrected chi connectivity index (χ3v) is 4.65. The fourth-order valence-electron chi connectivity index (χ4n) is 2.98. The minimum absolute atomic E-state index is 0.864. The molecule has 0 spiro atoms. The highest BCUT2D eigenvalue weighted by Gasteiger charge is 2.04. The van der Waals surface area contributed by atoms with E-state index in [4.69, 9.17) is 9.97 Å². The van der Waals surface area contributed by atoms with Crippen molar-refractivity contribution in [1.82, 2.24) is 9.97 Å². The van der Waals surface area contributed by atoms with E-state index in [0.29, 0.717) is 0 Å². The van der Waals surface area contributed by atoms with Gasteiger partial charge in [-0.3, -0.25) is 0 Å². The summed E-state index contributed by atoms with van der Waals surface area (Å²) in [6, 6.07) is 24.9. The van der Waals surface area contributed by atoms with Gasteiger partial charge in [0.2, 0.25) is 0 Å². The summed E-state index contributed by atoms with van der Waals surface area (Å²) in [7, 11) is 0. The normalized spacial score (nSPS) is 11.6. The van der Waals surface area contributed by atoms with Gasteiger partial charge in [-0.05, 0) is 49.3 Å². The van der Waals surface area contributed by atoms with Gasteiger partial charge in [0.1, 0.15) is 0 Å². The van der Waals surface area contributed by atoms with Crippen molar-refractivity contribution in [3.05, 3.63) is 106 Å². The second-order valence-electron chi connectivity index (χ2n) is 6.97. The second-order valence-corrected chi connectivity index (χ2v) is 6.97. The average molecular weight is 362 g/mol. The molecule has 0 saturated heterocycles. The van der Waals surface area contributed by atoms with Crippen molar-refractivity contribution in [2.45, 2.75) is 13.8 Å². The van der Waals surface area contributed by atoms with Crippen molar-refractivity contribution in [2.75, 3.05) is 0 Å². The molecule has 0 aliphatic carbocycles. The largest absolute Gasteiger partial charge is 0.245 e. The lowest BCUT2D eigenvalue weighted by atomic mass is 10.1. The SMILES string of the molecule is Cc1ccc(/C=C/c2nc3ccccc3nc2/C=C/c2ccc(C)cc2)cc1. The van der Waals surface area contributed by atoms with Gasteiger partial charge in [0.25, 0.3) is 0 Å². The van der Waals surface area contributed by atoms with Crippen molar-refractivity contribution in [3.63, 3.8) is 0 Å². The Kier molecular flexibility index (Phi) is 5.11. The van der Waals surface area contributed by atoms with Gasteiger partial charge in [-0.2, -0.15) is 0 Å². The summed E-state index contributed by atoms with van der Waals surface area (Å²) in [5, 5.41) is 0. The quantitative estimate of drug-likeness (QED) is 0.409. The predicted molar refractivity (Wildman–Crippen MR) is 120 cm³/mol. The van der Waals surface area contributed by atoms with E-state index in [1.807, 2.05) is 36.4 Å². The van der Waals surface area contributed by atoms with E-state index in [1.165, 1.54) is 11.1 Å². The van der Waals surface area contributed by atoms with Gasteiger partial charge in [0, 0.05) is 0 Å². The summed E-state index contributed by atoms with van der Waals surface area (Å²) in [4.78, 5) is 9.67. The van der Waals surface area contributed by atoms with Gasteiger partial charge >= 0.3 is 0 Å². The van der Waals surface area contributed by atoms with Crippen molar-refractivity contribution in [1.29, 1.82) is 0 Å². The maximum Gasteiger partial charge on any atom is 0.0894 e. The van der Waals surface area contributed by atoms with E-state index in [0.717, 1.165) is 33.5 Å². The Morgan fingerprint density at radius 3 is 1.29 bits per heavy atom. The molecule has 1 heterocycles. The molecule has 0 aliphatic heterocycles. The molecule has 0 atom stereocenters. The highest BCUT2D eigenvalue weighted by atomic mass is 14.8. The van der Waals surface area contributed by atoms with Crippen molar-refractivity contribution in [2.24, 2.45) is 0 Å². The van der Waals surface area contributed by atoms with Gasteiger partial charge < -0.3 is 0 Å². The highest BCUT2D eigenvalue weighted by Crippen LogP contribution is 2.18. The molecular weight excluding hydrogens is 340 g/mol. The molecule has 0 amide bonds. The number of hydrogen-bond acceptors (Lipinski definition) is 2. The van der Waals surface area contributed by atoms with E-state index < -0.39 is 0 Å². The first kappa shape index (κ1) is 17.9. The van der Waals surface area contributed by atoms with Gasteiger partial charge in [-0.15, -0.1) is 0 Å². The molecule has 2 heteroatoms. The lowest BCUT2D eigenvalue weighted by Gasteiger charge is -2.04. The van der Waals surface area contributed by atoms with Gasteiger partial charge in [0.05, 0.1) is 22.4 Å². The van der Waals surface area contributed by atoms with E-state index in [9.17, 15) is 0 Å². The second kappa shape index (κ2) is 8.01. The van der Waals surface area contributed by atoms with Gasteiger partial charge in [-0.1, -0.05) is 83.9 Å². The standard InChI is InChI=1S/C26H22N2/c1-19-7-11-21(12-8-19)15-17-25-26(18-16-22-13-9-20(2)10-14-22)28-24-6-4-3-5-23(24)27-25/h3-18H,1-2H3/b17-15+,18-16+. The summed E-state index contributed by atoms with van der Waals surface area (Å²) < 4.78 is 0. The van der Waals surface area contributed by atoms with Gasteiger partial charge in [-0.25, -0.2) is 9.97 Å². The van der Waals surface area contributed by atoms with Gasteiger partial charge in [0.15, 0.2) is 0 Å². The van der Waals surface area contributed by atoms with Crippen LogP contribution in [0, 0.1) is 13.8 Å². The summed E-state index contributed by atoms with van der Waals surface area (Å²) in [5.74, 6) is 0. The van der Waals surface area contributed by atoms with Crippen LogP contribution in [-0.2, 0) is 0 Å². The topological polar surface area (TPSA) is 25.8 Å².